The third-order valence-electron chi connectivity index (χ3n) is 3.36. The Hall–Kier alpha value is -1.68. The number of unbranched alkanes of at least 4 members (excludes halogenated alkanes) is 1. The molecule has 2 rings (SSSR count). The number of nitrogens with zero attached hydrogens (tertiary/aromatic N) is 3. The molecular formula is C15H22N4. The summed E-state index contributed by atoms with van der Waals surface area (Å²) in [5.41, 5.74) is 10.1. The van der Waals surface area contributed by atoms with E-state index < -0.39 is 0 Å². The van der Waals surface area contributed by atoms with E-state index in [1.54, 1.807) is 0 Å². The summed E-state index contributed by atoms with van der Waals surface area (Å²) in [5, 5.41) is 8.34. The first-order chi connectivity index (χ1) is 9.13. The highest BCUT2D eigenvalue weighted by molar-refractivity contribution is 5.36. The Labute approximate surface area is 114 Å². The largest absolute Gasteiger partial charge is 0.323 e. The molecule has 0 spiro atoms. The molecule has 1 aromatic carbocycles. The molecule has 0 saturated heterocycles. The molecule has 4 nitrogen and oxygen atoms in total. The number of hydrogen-bond acceptors (Lipinski definition) is 3. The van der Waals surface area contributed by atoms with Crippen LogP contribution in [0.15, 0.2) is 24.3 Å². The van der Waals surface area contributed by atoms with Gasteiger partial charge in [0.2, 0.25) is 0 Å². The Morgan fingerprint density at radius 1 is 1.26 bits per heavy atom. The number of aryl methyl sites for hydroxylation is 1. The third kappa shape index (κ3) is 3.01. The lowest BCUT2D eigenvalue weighted by Gasteiger charge is -2.06. The van der Waals surface area contributed by atoms with Crippen LogP contribution in [0.3, 0.4) is 0 Å². The molecule has 2 aromatic rings. The number of aromatic nitrogens is 3. The van der Waals surface area contributed by atoms with Crippen molar-refractivity contribution in [2.45, 2.75) is 46.1 Å². The molecule has 0 saturated carbocycles. The van der Waals surface area contributed by atoms with Crippen molar-refractivity contribution in [1.29, 1.82) is 0 Å². The van der Waals surface area contributed by atoms with Crippen LogP contribution in [0.25, 0.3) is 5.69 Å². The van der Waals surface area contributed by atoms with Crippen LogP contribution in [-0.4, -0.2) is 15.0 Å². The zero-order chi connectivity index (χ0) is 13.8. The number of nitrogens with two attached hydrogens (primary N) is 1. The molecule has 0 fully saturated rings. The second-order valence-electron chi connectivity index (χ2n) is 5.03. The Kier molecular flexibility index (Phi) is 4.32. The van der Waals surface area contributed by atoms with Crippen LogP contribution < -0.4 is 5.73 Å². The van der Waals surface area contributed by atoms with E-state index in [0.29, 0.717) is 0 Å². The van der Waals surface area contributed by atoms with Crippen molar-refractivity contribution < 1.29 is 0 Å². The van der Waals surface area contributed by atoms with Crippen LogP contribution in [-0.2, 0) is 6.42 Å². The lowest BCUT2D eigenvalue weighted by molar-refractivity contribution is 0.756. The molecule has 0 aliphatic rings. The lowest BCUT2D eigenvalue weighted by Crippen LogP contribution is -2.08. The Balaban J connectivity index is 2.22. The average Bonchev–Trinajstić information content (AvgIpc) is 2.79. The van der Waals surface area contributed by atoms with E-state index in [9.17, 15) is 0 Å². The fourth-order valence-electron chi connectivity index (χ4n) is 2.19. The first kappa shape index (κ1) is 13.7. The molecule has 102 valence electrons. The summed E-state index contributed by atoms with van der Waals surface area (Å²) in [6, 6.07) is 8.43. The highest BCUT2D eigenvalue weighted by Crippen LogP contribution is 2.17. The highest BCUT2D eigenvalue weighted by atomic mass is 15.4. The Morgan fingerprint density at radius 3 is 2.47 bits per heavy atom. The number of benzene rings is 1. The lowest BCUT2D eigenvalue weighted by atomic mass is 10.1. The maximum absolute atomic E-state index is 5.87. The highest BCUT2D eigenvalue weighted by Gasteiger charge is 2.12. The minimum atomic E-state index is -0.0856. The fraction of sp³-hybridized carbons (Fsp3) is 0.467. The van der Waals surface area contributed by atoms with Gasteiger partial charge in [-0.25, -0.2) is 4.68 Å². The summed E-state index contributed by atoms with van der Waals surface area (Å²) in [6.07, 6.45) is 3.59. The summed E-state index contributed by atoms with van der Waals surface area (Å²) in [4.78, 5) is 0. The van der Waals surface area contributed by atoms with Gasteiger partial charge in [-0.1, -0.05) is 30.7 Å². The molecule has 4 heteroatoms. The van der Waals surface area contributed by atoms with E-state index in [1.807, 2.05) is 18.5 Å². The van der Waals surface area contributed by atoms with Crippen molar-refractivity contribution in [2.24, 2.45) is 5.73 Å². The molecule has 0 amide bonds. The van der Waals surface area contributed by atoms with Gasteiger partial charge in [-0.3, -0.25) is 0 Å². The van der Waals surface area contributed by atoms with Gasteiger partial charge in [0.15, 0.2) is 0 Å². The second-order valence-corrected chi connectivity index (χ2v) is 5.03. The molecule has 19 heavy (non-hydrogen) atoms. The summed E-state index contributed by atoms with van der Waals surface area (Å²) in [6.45, 7) is 6.14. The van der Waals surface area contributed by atoms with Gasteiger partial charge in [0.25, 0.3) is 0 Å². The van der Waals surface area contributed by atoms with Crippen molar-refractivity contribution in [3.05, 3.63) is 41.2 Å². The van der Waals surface area contributed by atoms with Crippen LogP contribution in [0, 0.1) is 6.92 Å². The van der Waals surface area contributed by atoms with E-state index in [2.05, 4.69) is 41.5 Å². The van der Waals surface area contributed by atoms with Crippen LogP contribution >= 0.6 is 0 Å². The zero-order valence-corrected chi connectivity index (χ0v) is 11.9. The molecule has 2 N–H and O–H groups in total. The minimum absolute atomic E-state index is 0.0856. The number of rotatable bonds is 5. The van der Waals surface area contributed by atoms with Gasteiger partial charge in [0, 0.05) is 6.04 Å². The van der Waals surface area contributed by atoms with Crippen molar-refractivity contribution >= 4 is 0 Å². The second kappa shape index (κ2) is 5.97. The molecular weight excluding hydrogens is 236 g/mol. The quantitative estimate of drug-likeness (QED) is 0.897. The molecule has 0 aliphatic carbocycles. The SMILES string of the molecule is CCCCc1ccc(-n2nnc(C(C)N)c2C)cc1. The van der Waals surface area contributed by atoms with E-state index >= 15 is 0 Å². The Bertz CT molecular complexity index is 526. The maximum Gasteiger partial charge on any atom is 0.102 e. The molecule has 0 bridgehead atoms. The molecule has 1 heterocycles. The molecule has 1 atom stereocenters. The topological polar surface area (TPSA) is 56.7 Å². The smallest absolute Gasteiger partial charge is 0.102 e. The van der Waals surface area contributed by atoms with Gasteiger partial charge in [0.1, 0.15) is 5.69 Å². The van der Waals surface area contributed by atoms with Gasteiger partial charge in [-0.2, -0.15) is 0 Å². The van der Waals surface area contributed by atoms with Gasteiger partial charge < -0.3 is 5.73 Å². The molecule has 0 radical (unpaired) electrons. The standard InChI is InChI=1S/C15H22N4/c1-4-5-6-13-7-9-14(10-8-13)19-12(3)15(11(2)16)17-18-19/h7-11H,4-6,16H2,1-3H3. The van der Waals surface area contributed by atoms with Crippen molar-refractivity contribution in [1.82, 2.24) is 15.0 Å². The van der Waals surface area contributed by atoms with Crippen molar-refractivity contribution in [3.8, 4) is 5.69 Å². The van der Waals surface area contributed by atoms with E-state index in [4.69, 9.17) is 5.73 Å². The third-order valence-corrected chi connectivity index (χ3v) is 3.36. The van der Waals surface area contributed by atoms with Crippen molar-refractivity contribution in [2.75, 3.05) is 0 Å². The summed E-state index contributed by atoms with van der Waals surface area (Å²) < 4.78 is 1.85. The van der Waals surface area contributed by atoms with E-state index in [0.717, 1.165) is 23.5 Å². The first-order valence-corrected chi connectivity index (χ1v) is 6.90. The van der Waals surface area contributed by atoms with Crippen LogP contribution in [0.4, 0.5) is 0 Å². The van der Waals surface area contributed by atoms with Gasteiger partial charge >= 0.3 is 0 Å². The normalized spacial score (nSPS) is 12.6. The summed E-state index contributed by atoms with van der Waals surface area (Å²) in [7, 11) is 0. The predicted octanol–water partition coefficient (Wildman–Crippen LogP) is 2.94. The minimum Gasteiger partial charge on any atom is -0.323 e. The van der Waals surface area contributed by atoms with Crippen LogP contribution in [0.2, 0.25) is 0 Å². The molecule has 1 unspecified atom stereocenters. The van der Waals surface area contributed by atoms with E-state index in [1.165, 1.54) is 18.4 Å². The molecule has 1 aromatic heterocycles. The molecule has 0 aliphatic heterocycles. The monoisotopic (exact) mass is 258 g/mol. The Morgan fingerprint density at radius 2 is 1.95 bits per heavy atom. The first-order valence-electron chi connectivity index (χ1n) is 6.90. The summed E-state index contributed by atoms with van der Waals surface area (Å²) >= 11 is 0. The zero-order valence-electron chi connectivity index (χ0n) is 11.9. The van der Waals surface area contributed by atoms with Gasteiger partial charge in [-0.05, 0) is 44.4 Å². The van der Waals surface area contributed by atoms with Gasteiger partial charge in [0.05, 0.1) is 11.4 Å². The summed E-state index contributed by atoms with van der Waals surface area (Å²) in [5.74, 6) is 0. The number of hydrogen-bond donors (Lipinski definition) is 1. The fourth-order valence-corrected chi connectivity index (χ4v) is 2.19. The maximum atomic E-state index is 5.87. The van der Waals surface area contributed by atoms with Crippen molar-refractivity contribution in [3.63, 3.8) is 0 Å². The van der Waals surface area contributed by atoms with Crippen LogP contribution in [0.1, 0.15) is 49.7 Å². The van der Waals surface area contributed by atoms with Gasteiger partial charge in [-0.15, -0.1) is 5.10 Å². The predicted molar refractivity (Wildman–Crippen MR) is 77.3 cm³/mol. The average molecular weight is 258 g/mol. The van der Waals surface area contributed by atoms with Crippen LogP contribution in [0.5, 0.6) is 0 Å². The van der Waals surface area contributed by atoms with E-state index in [-0.39, 0.29) is 6.04 Å².